The van der Waals surface area contributed by atoms with E-state index in [9.17, 15) is 9.18 Å². The van der Waals surface area contributed by atoms with E-state index in [0.29, 0.717) is 18.6 Å². The molecular formula is C17H17FO3. The molecule has 0 heterocycles. The molecule has 21 heavy (non-hydrogen) atoms. The van der Waals surface area contributed by atoms with Gasteiger partial charge in [-0.3, -0.25) is 4.79 Å². The highest BCUT2D eigenvalue weighted by Crippen LogP contribution is 2.21. The van der Waals surface area contributed by atoms with Crippen molar-refractivity contribution in [1.82, 2.24) is 0 Å². The summed E-state index contributed by atoms with van der Waals surface area (Å²) in [4.78, 5) is 11.5. The van der Waals surface area contributed by atoms with Crippen molar-refractivity contribution in [3.63, 3.8) is 0 Å². The number of halogens is 1. The van der Waals surface area contributed by atoms with Crippen LogP contribution in [-0.2, 0) is 6.42 Å². The number of methoxy groups -OCH3 is 1. The third-order valence-electron chi connectivity index (χ3n) is 3.13. The van der Waals surface area contributed by atoms with Crippen LogP contribution >= 0.6 is 0 Å². The van der Waals surface area contributed by atoms with Crippen molar-refractivity contribution in [2.24, 2.45) is 0 Å². The summed E-state index contributed by atoms with van der Waals surface area (Å²) in [6.07, 6.45) is 0.665. The predicted molar refractivity (Wildman–Crippen MR) is 78.6 cm³/mol. The van der Waals surface area contributed by atoms with E-state index in [1.807, 2.05) is 24.3 Å². The molecule has 2 aromatic carbocycles. The van der Waals surface area contributed by atoms with Crippen molar-refractivity contribution in [2.45, 2.75) is 13.3 Å². The average Bonchev–Trinajstić information content (AvgIpc) is 2.48. The van der Waals surface area contributed by atoms with Gasteiger partial charge in [-0.2, -0.15) is 0 Å². The zero-order valence-electron chi connectivity index (χ0n) is 12.1. The molecule has 4 heteroatoms. The van der Waals surface area contributed by atoms with E-state index >= 15 is 0 Å². The quantitative estimate of drug-likeness (QED) is 0.761. The van der Waals surface area contributed by atoms with E-state index in [1.165, 1.54) is 25.1 Å². The number of carbonyl (C=O) groups is 1. The topological polar surface area (TPSA) is 35.5 Å². The van der Waals surface area contributed by atoms with Crippen molar-refractivity contribution in [2.75, 3.05) is 13.7 Å². The molecule has 0 bridgehead atoms. The summed E-state index contributed by atoms with van der Waals surface area (Å²) < 4.78 is 23.9. The second-order valence-electron chi connectivity index (χ2n) is 4.64. The maximum atomic E-state index is 13.2. The van der Waals surface area contributed by atoms with Crippen LogP contribution < -0.4 is 9.47 Å². The first kappa shape index (κ1) is 15.0. The number of Topliss-reactive ketones (excluding diaryl/α,β-unsaturated/α-hetero) is 1. The molecule has 0 aromatic heterocycles. The summed E-state index contributed by atoms with van der Waals surface area (Å²) in [7, 11) is 1.62. The third-order valence-corrected chi connectivity index (χ3v) is 3.13. The minimum atomic E-state index is -0.417. The Balaban J connectivity index is 1.99. The zero-order valence-corrected chi connectivity index (χ0v) is 12.1. The first-order valence-corrected chi connectivity index (χ1v) is 6.66. The molecule has 0 saturated carbocycles. The summed E-state index contributed by atoms with van der Waals surface area (Å²) in [5, 5.41) is 0. The molecule has 0 radical (unpaired) electrons. The molecule has 0 atom stereocenters. The standard InChI is InChI=1S/C17H17FO3/c1-12(19)16-8-5-14(18)11-17(16)21-10-9-13-3-6-15(20-2)7-4-13/h3-8,11H,9-10H2,1-2H3. The van der Waals surface area contributed by atoms with E-state index in [-0.39, 0.29) is 11.5 Å². The number of hydrogen-bond donors (Lipinski definition) is 0. The molecule has 0 fully saturated rings. The van der Waals surface area contributed by atoms with Crippen LogP contribution in [0.5, 0.6) is 11.5 Å². The molecule has 0 unspecified atom stereocenters. The maximum Gasteiger partial charge on any atom is 0.163 e. The van der Waals surface area contributed by atoms with Crippen molar-refractivity contribution >= 4 is 5.78 Å². The van der Waals surface area contributed by atoms with E-state index < -0.39 is 5.82 Å². The Morgan fingerprint density at radius 2 is 1.86 bits per heavy atom. The number of carbonyl (C=O) groups excluding carboxylic acids is 1. The predicted octanol–water partition coefficient (Wildman–Crippen LogP) is 3.66. The van der Waals surface area contributed by atoms with Gasteiger partial charge in [0.05, 0.1) is 19.3 Å². The van der Waals surface area contributed by atoms with Crippen molar-refractivity contribution in [3.05, 3.63) is 59.4 Å². The fraction of sp³-hybridized carbons (Fsp3) is 0.235. The minimum Gasteiger partial charge on any atom is -0.497 e. The average molecular weight is 288 g/mol. The van der Waals surface area contributed by atoms with Gasteiger partial charge in [0.2, 0.25) is 0 Å². The van der Waals surface area contributed by atoms with Gasteiger partial charge in [0.25, 0.3) is 0 Å². The van der Waals surface area contributed by atoms with Gasteiger partial charge < -0.3 is 9.47 Å². The second-order valence-corrected chi connectivity index (χ2v) is 4.64. The number of ketones is 1. The lowest BCUT2D eigenvalue weighted by Gasteiger charge is -2.10. The fourth-order valence-corrected chi connectivity index (χ4v) is 1.98. The van der Waals surface area contributed by atoms with Gasteiger partial charge in [0.15, 0.2) is 5.78 Å². The summed E-state index contributed by atoms with van der Waals surface area (Å²) >= 11 is 0. The largest absolute Gasteiger partial charge is 0.497 e. The second kappa shape index (κ2) is 6.88. The zero-order chi connectivity index (χ0) is 15.2. The number of benzene rings is 2. The highest BCUT2D eigenvalue weighted by atomic mass is 19.1. The van der Waals surface area contributed by atoms with Crippen LogP contribution in [0.1, 0.15) is 22.8 Å². The number of ether oxygens (including phenoxy) is 2. The SMILES string of the molecule is COc1ccc(CCOc2cc(F)ccc2C(C)=O)cc1. The molecule has 0 spiro atoms. The Morgan fingerprint density at radius 1 is 1.14 bits per heavy atom. The lowest BCUT2D eigenvalue weighted by atomic mass is 10.1. The molecule has 0 N–H and O–H groups in total. The van der Waals surface area contributed by atoms with Gasteiger partial charge in [-0.05, 0) is 36.8 Å². The molecule has 110 valence electrons. The molecule has 2 rings (SSSR count). The van der Waals surface area contributed by atoms with Crippen LogP contribution in [0.25, 0.3) is 0 Å². The Morgan fingerprint density at radius 3 is 2.48 bits per heavy atom. The first-order chi connectivity index (χ1) is 10.1. The van der Waals surface area contributed by atoms with Crippen molar-refractivity contribution in [1.29, 1.82) is 0 Å². The molecular weight excluding hydrogens is 271 g/mol. The number of hydrogen-bond acceptors (Lipinski definition) is 3. The smallest absolute Gasteiger partial charge is 0.163 e. The molecule has 0 aliphatic rings. The molecule has 0 amide bonds. The Labute approximate surface area is 123 Å². The van der Waals surface area contributed by atoms with Gasteiger partial charge in [0.1, 0.15) is 17.3 Å². The van der Waals surface area contributed by atoms with Gasteiger partial charge >= 0.3 is 0 Å². The summed E-state index contributed by atoms with van der Waals surface area (Å²) in [5.74, 6) is 0.522. The van der Waals surface area contributed by atoms with Gasteiger partial charge in [-0.1, -0.05) is 12.1 Å². The summed E-state index contributed by atoms with van der Waals surface area (Å²) in [5.41, 5.74) is 1.47. The van der Waals surface area contributed by atoms with Crippen molar-refractivity contribution in [3.8, 4) is 11.5 Å². The summed E-state index contributed by atoms with van der Waals surface area (Å²) in [6, 6.07) is 11.6. The molecule has 0 saturated heterocycles. The van der Waals surface area contributed by atoms with Gasteiger partial charge in [0, 0.05) is 12.5 Å². The molecule has 0 aliphatic heterocycles. The Hall–Kier alpha value is -2.36. The van der Waals surface area contributed by atoms with Crippen molar-refractivity contribution < 1.29 is 18.7 Å². The van der Waals surface area contributed by atoms with Crippen LogP contribution in [0.2, 0.25) is 0 Å². The highest BCUT2D eigenvalue weighted by molar-refractivity contribution is 5.96. The third kappa shape index (κ3) is 4.05. The Kier molecular flexibility index (Phi) is 4.93. The lowest BCUT2D eigenvalue weighted by Crippen LogP contribution is -2.05. The minimum absolute atomic E-state index is 0.144. The highest BCUT2D eigenvalue weighted by Gasteiger charge is 2.09. The van der Waals surface area contributed by atoms with Crippen LogP contribution in [0.3, 0.4) is 0 Å². The fourth-order valence-electron chi connectivity index (χ4n) is 1.98. The van der Waals surface area contributed by atoms with Crippen LogP contribution in [0.4, 0.5) is 4.39 Å². The lowest BCUT2D eigenvalue weighted by molar-refractivity contribution is 0.101. The normalized spacial score (nSPS) is 10.2. The Bertz CT molecular complexity index is 620. The van der Waals surface area contributed by atoms with Gasteiger partial charge in [-0.15, -0.1) is 0 Å². The van der Waals surface area contributed by atoms with Gasteiger partial charge in [-0.25, -0.2) is 4.39 Å². The molecule has 3 nitrogen and oxygen atoms in total. The van der Waals surface area contributed by atoms with Crippen LogP contribution in [0, 0.1) is 5.82 Å². The van der Waals surface area contributed by atoms with Crippen LogP contribution in [-0.4, -0.2) is 19.5 Å². The maximum absolute atomic E-state index is 13.2. The molecule has 2 aromatic rings. The van der Waals surface area contributed by atoms with E-state index in [1.54, 1.807) is 7.11 Å². The van der Waals surface area contributed by atoms with E-state index in [4.69, 9.17) is 9.47 Å². The van der Waals surface area contributed by atoms with E-state index in [0.717, 1.165) is 11.3 Å². The monoisotopic (exact) mass is 288 g/mol. The van der Waals surface area contributed by atoms with Crippen LogP contribution in [0.15, 0.2) is 42.5 Å². The molecule has 0 aliphatic carbocycles. The summed E-state index contributed by atoms with van der Waals surface area (Å²) in [6.45, 7) is 1.81. The number of rotatable bonds is 6. The van der Waals surface area contributed by atoms with E-state index in [2.05, 4.69) is 0 Å². The first-order valence-electron chi connectivity index (χ1n) is 6.66.